The van der Waals surface area contributed by atoms with E-state index in [1.807, 2.05) is 20.0 Å². The van der Waals surface area contributed by atoms with Crippen LogP contribution in [0.1, 0.15) is 68.5 Å². The quantitative estimate of drug-likeness (QED) is 0.579. The van der Waals surface area contributed by atoms with Gasteiger partial charge in [-0.3, -0.25) is 14.0 Å². The van der Waals surface area contributed by atoms with Crippen molar-refractivity contribution >= 4 is 17.4 Å². The zero-order chi connectivity index (χ0) is 24.5. The van der Waals surface area contributed by atoms with Gasteiger partial charge in [0.15, 0.2) is 0 Å². The molecule has 6 rings (SSSR count). The highest BCUT2D eigenvalue weighted by Crippen LogP contribution is 2.53. The van der Waals surface area contributed by atoms with Crippen LogP contribution >= 0.6 is 0 Å². The standard InChI is InChI=1S/C25H28FN5O4/c1-14(2)35-21-15(20(32)27-17-5-4-8-31(22(17)33)18-9-16(18)26)10-30-11-19(28-23(30)29-21)25-7-6-24(3,12-25)34-13-25/h4-5,8,10-11,14,16,18H,6-7,9,12-13H2,1-3H3,(H,27,32)/t16-,18+,24-,25-/m1/s1. The molecule has 4 heterocycles. The van der Waals surface area contributed by atoms with Crippen molar-refractivity contribution in [1.29, 1.82) is 0 Å². The second-order valence-electron chi connectivity index (χ2n) is 10.6. The molecule has 1 saturated heterocycles. The minimum atomic E-state index is -1.03. The summed E-state index contributed by atoms with van der Waals surface area (Å²) in [6.45, 7) is 6.45. The third-order valence-electron chi connectivity index (χ3n) is 7.35. The highest BCUT2D eigenvalue weighted by molar-refractivity contribution is 6.05. The van der Waals surface area contributed by atoms with Gasteiger partial charge in [0.25, 0.3) is 11.5 Å². The van der Waals surface area contributed by atoms with Crippen LogP contribution in [-0.2, 0) is 10.2 Å². The number of aromatic nitrogens is 4. The number of imidazole rings is 1. The monoisotopic (exact) mass is 481 g/mol. The van der Waals surface area contributed by atoms with E-state index in [-0.39, 0.29) is 34.3 Å². The molecular formula is C25H28FN5O4. The number of hydrogen-bond donors (Lipinski definition) is 1. The van der Waals surface area contributed by atoms with Crippen LogP contribution in [0.15, 0.2) is 35.5 Å². The summed E-state index contributed by atoms with van der Waals surface area (Å²) in [5.41, 5.74) is 0.458. The first-order valence-electron chi connectivity index (χ1n) is 12.0. The molecule has 0 spiro atoms. The molecule has 3 aromatic rings. The van der Waals surface area contributed by atoms with E-state index < -0.39 is 23.7 Å². The summed E-state index contributed by atoms with van der Waals surface area (Å²) in [4.78, 5) is 35.4. The lowest BCUT2D eigenvalue weighted by atomic mass is 9.84. The van der Waals surface area contributed by atoms with Gasteiger partial charge in [0.1, 0.15) is 17.4 Å². The molecule has 35 heavy (non-hydrogen) atoms. The lowest BCUT2D eigenvalue weighted by molar-refractivity contribution is -0.00627. The normalized spacial score (nSPS) is 29.2. The minimum Gasteiger partial charge on any atom is -0.474 e. The minimum absolute atomic E-state index is 0.0748. The zero-order valence-electron chi connectivity index (χ0n) is 20.0. The first-order valence-corrected chi connectivity index (χ1v) is 12.0. The van der Waals surface area contributed by atoms with E-state index in [1.165, 1.54) is 16.8 Å². The summed E-state index contributed by atoms with van der Waals surface area (Å²) in [7, 11) is 0. The first-order chi connectivity index (χ1) is 16.7. The lowest BCUT2D eigenvalue weighted by Crippen LogP contribution is -2.26. The number of amides is 1. The molecule has 3 aromatic heterocycles. The number of nitrogens with zero attached hydrogens (tertiary/aromatic N) is 4. The van der Waals surface area contributed by atoms with Crippen LogP contribution < -0.4 is 15.6 Å². The molecule has 1 aliphatic heterocycles. The Balaban J connectivity index is 1.35. The summed E-state index contributed by atoms with van der Waals surface area (Å²) in [6.07, 6.45) is 7.01. The topological polar surface area (TPSA) is 99.8 Å². The van der Waals surface area contributed by atoms with Crippen LogP contribution in [0.25, 0.3) is 5.78 Å². The Morgan fingerprint density at radius 3 is 2.74 bits per heavy atom. The Kier molecular flexibility index (Phi) is 4.83. The van der Waals surface area contributed by atoms with Crippen molar-refractivity contribution in [1.82, 2.24) is 18.9 Å². The SMILES string of the molecule is CC(C)Oc1nc2nc([C@]34CC[C@](C)(C3)OC4)cn2cc1C(=O)Nc1cccn([C@H]2C[C@H]2F)c1=O. The molecule has 0 radical (unpaired) electrons. The van der Waals surface area contributed by atoms with E-state index in [1.54, 1.807) is 16.7 Å². The Bertz CT molecular complexity index is 1390. The number of fused-ring (bicyclic) bond motifs is 3. The van der Waals surface area contributed by atoms with Gasteiger partial charge in [-0.25, -0.2) is 9.37 Å². The number of alkyl halides is 1. The maximum Gasteiger partial charge on any atom is 0.274 e. The van der Waals surface area contributed by atoms with Crippen LogP contribution in [0.2, 0.25) is 0 Å². The number of carbonyl (C=O) groups excluding carboxylic acids is 1. The smallest absolute Gasteiger partial charge is 0.274 e. The summed E-state index contributed by atoms with van der Waals surface area (Å²) in [6, 6.07) is 2.65. The fourth-order valence-electron chi connectivity index (χ4n) is 5.37. The van der Waals surface area contributed by atoms with Gasteiger partial charge in [0.05, 0.1) is 30.0 Å². The van der Waals surface area contributed by atoms with Crippen molar-refractivity contribution in [3.05, 3.63) is 52.3 Å². The molecule has 2 aliphatic carbocycles. The number of carbonyl (C=O) groups is 1. The molecular weight excluding hydrogens is 453 g/mol. The summed E-state index contributed by atoms with van der Waals surface area (Å²) in [5, 5.41) is 2.67. The molecule has 0 aromatic carbocycles. The van der Waals surface area contributed by atoms with Crippen molar-refractivity contribution in [3.63, 3.8) is 0 Å². The summed E-state index contributed by atoms with van der Waals surface area (Å²) in [5.74, 6) is 0.0382. The predicted octanol–water partition coefficient (Wildman–Crippen LogP) is 3.42. The first kappa shape index (κ1) is 22.2. The fourth-order valence-corrected chi connectivity index (χ4v) is 5.37. The number of halogens is 1. The van der Waals surface area contributed by atoms with Gasteiger partial charge in [-0.15, -0.1) is 0 Å². The van der Waals surface area contributed by atoms with Crippen molar-refractivity contribution < 1.29 is 18.7 Å². The Labute approximate surface area is 201 Å². The van der Waals surface area contributed by atoms with Crippen LogP contribution in [0.3, 0.4) is 0 Å². The van der Waals surface area contributed by atoms with Gasteiger partial charge in [-0.1, -0.05) is 0 Å². The van der Waals surface area contributed by atoms with Gasteiger partial charge >= 0.3 is 0 Å². The van der Waals surface area contributed by atoms with Crippen molar-refractivity contribution in [2.24, 2.45) is 0 Å². The lowest BCUT2D eigenvalue weighted by Gasteiger charge is -2.24. The molecule has 0 unspecified atom stereocenters. The molecule has 2 bridgehead atoms. The fraction of sp³-hybridized carbons (Fsp3) is 0.520. The average molecular weight is 482 g/mol. The van der Waals surface area contributed by atoms with Crippen molar-refractivity contribution in [3.8, 4) is 5.88 Å². The second kappa shape index (κ2) is 7.61. The van der Waals surface area contributed by atoms with Gasteiger partial charge in [0, 0.05) is 30.4 Å². The maximum absolute atomic E-state index is 13.5. The van der Waals surface area contributed by atoms with E-state index in [4.69, 9.17) is 14.5 Å². The largest absolute Gasteiger partial charge is 0.474 e. The molecule has 2 saturated carbocycles. The molecule has 1 N–H and O–H groups in total. The Hall–Kier alpha value is -3.27. The van der Waals surface area contributed by atoms with E-state index in [9.17, 15) is 14.0 Å². The Morgan fingerprint density at radius 1 is 1.31 bits per heavy atom. The molecule has 10 heteroatoms. The van der Waals surface area contributed by atoms with E-state index >= 15 is 0 Å². The van der Waals surface area contributed by atoms with Crippen LogP contribution in [-0.4, -0.2) is 49.3 Å². The second-order valence-corrected chi connectivity index (χ2v) is 10.6. The molecule has 9 nitrogen and oxygen atoms in total. The third-order valence-corrected chi connectivity index (χ3v) is 7.35. The van der Waals surface area contributed by atoms with Gasteiger partial charge in [-0.2, -0.15) is 4.98 Å². The summed E-state index contributed by atoms with van der Waals surface area (Å²) < 4.78 is 28.5. The predicted molar refractivity (Wildman–Crippen MR) is 126 cm³/mol. The van der Waals surface area contributed by atoms with Crippen LogP contribution in [0.4, 0.5) is 10.1 Å². The van der Waals surface area contributed by atoms with Crippen LogP contribution in [0.5, 0.6) is 5.88 Å². The highest BCUT2D eigenvalue weighted by Gasteiger charge is 2.55. The molecule has 4 atom stereocenters. The summed E-state index contributed by atoms with van der Waals surface area (Å²) >= 11 is 0. The number of nitrogens with one attached hydrogen (secondary N) is 1. The van der Waals surface area contributed by atoms with Gasteiger partial charge < -0.3 is 19.4 Å². The maximum atomic E-state index is 13.5. The molecule has 184 valence electrons. The number of hydrogen-bond acceptors (Lipinski definition) is 6. The molecule has 3 aliphatic rings. The molecule has 1 amide bonds. The number of pyridine rings is 1. The van der Waals surface area contributed by atoms with E-state index in [0.29, 0.717) is 18.8 Å². The van der Waals surface area contributed by atoms with E-state index in [2.05, 4.69) is 17.2 Å². The number of rotatable bonds is 6. The third kappa shape index (κ3) is 3.71. The van der Waals surface area contributed by atoms with Crippen molar-refractivity contribution in [2.45, 2.75) is 75.8 Å². The van der Waals surface area contributed by atoms with Gasteiger partial charge in [0.2, 0.25) is 11.7 Å². The van der Waals surface area contributed by atoms with Crippen molar-refractivity contribution in [2.75, 3.05) is 11.9 Å². The van der Waals surface area contributed by atoms with Gasteiger partial charge in [-0.05, 0) is 52.2 Å². The Morgan fingerprint density at radius 2 is 2.11 bits per heavy atom. The average Bonchev–Trinajstić information content (AvgIpc) is 3.12. The molecule has 3 fully saturated rings. The van der Waals surface area contributed by atoms with Crippen LogP contribution in [0, 0.1) is 0 Å². The van der Waals surface area contributed by atoms with E-state index in [0.717, 1.165) is 25.0 Å². The zero-order valence-corrected chi connectivity index (χ0v) is 20.0. The number of ether oxygens (including phenoxy) is 2. The number of anilines is 1. The highest BCUT2D eigenvalue weighted by atomic mass is 19.1.